The molecule has 120 valence electrons. The van der Waals surface area contributed by atoms with Gasteiger partial charge < -0.3 is 15.9 Å². The van der Waals surface area contributed by atoms with Crippen LogP contribution in [0.3, 0.4) is 0 Å². The molecule has 2 aromatic rings. The number of aromatic carboxylic acids is 1. The van der Waals surface area contributed by atoms with Crippen molar-refractivity contribution in [1.29, 1.82) is 0 Å². The molecule has 2 rings (SSSR count). The van der Waals surface area contributed by atoms with Crippen LogP contribution in [-0.2, 0) is 4.79 Å². The van der Waals surface area contributed by atoms with Gasteiger partial charge in [-0.1, -0.05) is 29.8 Å². The largest absolute Gasteiger partial charge is 0.481 e. The van der Waals surface area contributed by atoms with Crippen molar-refractivity contribution in [3.05, 3.63) is 58.6 Å². The Hall–Kier alpha value is -2.37. The van der Waals surface area contributed by atoms with Gasteiger partial charge in [0.15, 0.2) is 0 Å². The Kier molecular flexibility index (Phi) is 5.36. The van der Waals surface area contributed by atoms with Crippen LogP contribution in [0, 0.1) is 0 Å². The summed E-state index contributed by atoms with van der Waals surface area (Å²) in [5, 5.41) is 18.5. The number of carboxylic acids is 2. The van der Waals surface area contributed by atoms with Gasteiger partial charge in [0, 0.05) is 16.5 Å². The van der Waals surface area contributed by atoms with E-state index < -0.39 is 11.9 Å². The van der Waals surface area contributed by atoms with Gasteiger partial charge in [-0.05, 0) is 41.9 Å². The summed E-state index contributed by atoms with van der Waals surface area (Å²) in [4.78, 5) is 22.0. The molecular weight excluding hydrogens is 318 g/mol. The molecule has 0 spiro atoms. The molecule has 0 fully saturated rings. The monoisotopic (exact) mass is 333 g/mol. The molecule has 0 heterocycles. The van der Waals surface area contributed by atoms with Gasteiger partial charge in [-0.2, -0.15) is 0 Å². The van der Waals surface area contributed by atoms with E-state index in [4.69, 9.17) is 27.5 Å². The van der Waals surface area contributed by atoms with E-state index >= 15 is 0 Å². The van der Waals surface area contributed by atoms with Crippen LogP contribution in [0.4, 0.5) is 0 Å². The molecule has 2 aromatic carbocycles. The van der Waals surface area contributed by atoms with Crippen LogP contribution in [0.1, 0.15) is 28.3 Å². The maximum absolute atomic E-state index is 11.1. The predicted molar refractivity (Wildman–Crippen MR) is 87.9 cm³/mol. The molecule has 0 radical (unpaired) electrons. The average Bonchev–Trinajstić information content (AvgIpc) is 2.53. The Bertz CT molecular complexity index is 745. The molecule has 1 atom stereocenters. The third-order valence-electron chi connectivity index (χ3n) is 3.59. The van der Waals surface area contributed by atoms with E-state index in [1.54, 1.807) is 30.3 Å². The molecule has 23 heavy (non-hydrogen) atoms. The minimum atomic E-state index is -1.02. The maximum Gasteiger partial charge on any atom is 0.335 e. The van der Waals surface area contributed by atoms with E-state index in [2.05, 4.69) is 0 Å². The molecule has 0 aliphatic heterocycles. The molecule has 0 amide bonds. The zero-order chi connectivity index (χ0) is 17.0. The Morgan fingerprint density at radius 1 is 1.13 bits per heavy atom. The second-order valence-corrected chi connectivity index (χ2v) is 5.56. The van der Waals surface area contributed by atoms with Crippen molar-refractivity contribution < 1.29 is 19.8 Å². The van der Waals surface area contributed by atoms with Crippen LogP contribution in [0.25, 0.3) is 11.1 Å². The second-order valence-electron chi connectivity index (χ2n) is 5.16. The Balaban J connectivity index is 2.47. The van der Waals surface area contributed by atoms with Crippen molar-refractivity contribution in [2.24, 2.45) is 5.73 Å². The van der Waals surface area contributed by atoms with Gasteiger partial charge in [-0.25, -0.2) is 4.79 Å². The number of carboxylic acid groups (broad SMARTS) is 2. The van der Waals surface area contributed by atoms with Crippen molar-refractivity contribution in [3.8, 4) is 11.1 Å². The molecule has 0 aliphatic rings. The SMILES string of the molecule is NC[C@@H](CC(=O)O)c1ccc(Cl)c(-c2cccc(C(=O)O)c2)c1. The van der Waals surface area contributed by atoms with Gasteiger partial charge >= 0.3 is 11.9 Å². The fraction of sp³-hybridized carbons (Fsp3) is 0.176. The molecule has 0 saturated carbocycles. The number of hydrogen-bond acceptors (Lipinski definition) is 3. The molecule has 0 aromatic heterocycles. The van der Waals surface area contributed by atoms with Gasteiger partial charge in [-0.15, -0.1) is 0 Å². The van der Waals surface area contributed by atoms with E-state index in [-0.39, 0.29) is 24.4 Å². The highest BCUT2D eigenvalue weighted by Crippen LogP contribution is 2.32. The minimum Gasteiger partial charge on any atom is -0.481 e. The van der Waals surface area contributed by atoms with Crippen LogP contribution >= 0.6 is 11.6 Å². The lowest BCUT2D eigenvalue weighted by Crippen LogP contribution is -2.16. The number of nitrogens with two attached hydrogens (primary N) is 1. The number of aliphatic carboxylic acids is 1. The zero-order valence-electron chi connectivity index (χ0n) is 12.2. The number of hydrogen-bond donors (Lipinski definition) is 3. The summed E-state index contributed by atoms with van der Waals surface area (Å²) < 4.78 is 0. The van der Waals surface area contributed by atoms with Gasteiger partial charge in [0.25, 0.3) is 0 Å². The maximum atomic E-state index is 11.1. The number of benzene rings is 2. The summed E-state index contributed by atoms with van der Waals surface area (Å²) in [6.07, 6.45) is -0.0766. The minimum absolute atomic E-state index is 0.0766. The first-order chi connectivity index (χ1) is 10.9. The molecule has 4 N–H and O–H groups in total. The summed E-state index contributed by atoms with van der Waals surface area (Å²) in [6.45, 7) is 0.197. The molecular formula is C17H16ClNO4. The quantitative estimate of drug-likeness (QED) is 0.753. The highest BCUT2D eigenvalue weighted by Gasteiger charge is 2.16. The fourth-order valence-electron chi connectivity index (χ4n) is 2.39. The second kappa shape index (κ2) is 7.26. The topological polar surface area (TPSA) is 101 Å². The van der Waals surface area contributed by atoms with Crippen LogP contribution < -0.4 is 5.73 Å². The smallest absolute Gasteiger partial charge is 0.335 e. The highest BCUT2D eigenvalue weighted by molar-refractivity contribution is 6.33. The predicted octanol–water partition coefficient (Wildman–Crippen LogP) is 3.22. The molecule has 0 unspecified atom stereocenters. The average molecular weight is 334 g/mol. The summed E-state index contributed by atoms with van der Waals surface area (Å²) >= 11 is 6.22. The van der Waals surface area contributed by atoms with Gasteiger partial charge in [0.1, 0.15) is 0 Å². The first kappa shape index (κ1) is 17.0. The van der Waals surface area contributed by atoms with E-state index in [1.165, 1.54) is 12.1 Å². The molecule has 5 nitrogen and oxygen atoms in total. The van der Waals surface area contributed by atoms with E-state index in [9.17, 15) is 9.59 Å². The lowest BCUT2D eigenvalue weighted by molar-refractivity contribution is -0.137. The Morgan fingerprint density at radius 3 is 2.48 bits per heavy atom. The first-order valence-corrected chi connectivity index (χ1v) is 7.35. The van der Waals surface area contributed by atoms with Gasteiger partial charge in [0.2, 0.25) is 0 Å². The van der Waals surface area contributed by atoms with Gasteiger partial charge in [0.05, 0.1) is 12.0 Å². The normalized spacial score (nSPS) is 11.9. The van der Waals surface area contributed by atoms with E-state index in [0.29, 0.717) is 16.1 Å². The van der Waals surface area contributed by atoms with Crippen molar-refractivity contribution in [3.63, 3.8) is 0 Å². The van der Waals surface area contributed by atoms with Crippen molar-refractivity contribution >= 4 is 23.5 Å². The van der Waals surface area contributed by atoms with Crippen molar-refractivity contribution in [2.75, 3.05) is 6.54 Å². The zero-order valence-corrected chi connectivity index (χ0v) is 13.0. The Labute approximate surface area is 138 Å². The number of carbonyl (C=O) groups is 2. The highest BCUT2D eigenvalue weighted by atomic mass is 35.5. The standard InChI is InChI=1S/C17H16ClNO4/c18-15-5-4-10(13(9-19)8-16(20)21)7-14(15)11-2-1-3-12(6-11)17(22)23/h1-7,13H,8-9,19H2,(H,20,21)(H,22,23)/t13-/m1/s1. The van der Waals surface area contributed by atoms with Crippen molar-refractivity contribution in [2.45, 2.75) is 12.3 Å². The van der Waals surface area contributed by atoms with Crippen molar-refractivity contribution in [1.82, 2.24) is 0 Å². The Morgan fingerprint density at radius 2 is 1.87 bits per heavy atom. The van der Waals surface area contributed by atoms with E-state index in [0.717, 1.165) is 5.56 Å². The summed E-state index contributed by atoms with van der Waals surface area (Å²) in [7, 11) is 0. The first-order valence-electron chi connectivity index (χ1n) is 6.97. The number of halogens is 1. The lowest BCUT2D eigenvalue weighted by atomic mass is 9.92. The summed E-state index contributed by atoms with van der Waals surface area (Å²) in [5.41, 5.74) is 7.89. The summed E-state index contributed by atoms with van der Waals surface area (Å²) in [6, 6.07) is 11.6. The fourth-order valence-corrected chi connectivity index (χ4v) is 2.61. The number of rotatable bonds is 6. The van der Waals surface area contributed by atoms with Gasteiger partial charge in [-0.3, -0.25) is 4.79 Å². The van der Waals surface area contributed by atoms with Crippen LogP contribution in [0.2, 0.25) is 5.02 Å². The summed E-state index contributed by atoms with van der Waals surface area (Å²) in [5.74, 6) is -2.28. The molecule has 0 bridgehead atoms. The molecule has 6 heteroatoms. The van der Waals surface area contributed by atoms with E-state index in [1.807, 2.05) is 0 Å². The molecule has 0 aliphatic carbocycles. The molecule has 0 saturated heterocycles. The third kappa shape index (κ3) is 4.09. The van der Waals surface area contributed by atoms with Crippen LogP contribution in [-0.4, -0.2) is 28.7 Å². The van der Waals surface area contributed by atoms with Crippen LogP contribution in [0.5, 0.6) is 0 Å². The lowest BCUT2D eigenvalue weighted by Gasteiger charge is -2.15. The van der Waals surface area contributed by atoms with Crippen LogP contribution in [0.15, 0.2) is 42.5 Å². The third-order valence-corrected chi connectivity index (χ3v) is 3.92.